The second-order valence-corrected chi connectivity index (χ2v) is 6.33. The minimum atomic E-state index is 0.555. The Labute approximate surface area is 124 Å². The summed E-state index contributed by atoms with van der Waals surface area (Å²) in [5, 5.41) is 0. The predicted octanol–water partition coefficient (Wildman–Crippen LogP) is 2.48. The van der Waals surface area contributed by atoms with Gasteiger partial charge in [-0.2, -0.15) is 0 Å². The predicted molar refractivity (Wildman–Crippen MR) is 85.8 cm³/mol. The molecule has 1 atom stereocenters. The van der Waals surface area contributed by atoms with E-state index in [1.165, 1.54) is 28.7 Å². The summed E-state index contributed by atoms with van der Waals surface area (Å²) in [5.41, 5.74) is 8.24. The van der Waals surface area contributed by atoms with E-state index >= 15 is 0 Å². The first-order chi connectivity index (χ1) is 9.11. The normalized spacial score (nSPS) is 21.5. The number of benzene rings is 1. The summed E-state index contributed by atoms with van der Waals surface area (Å²) in [7, 11) is 2.21. The molecular weight excluding hydrogens is 302 g/mol. The minimum absolute atomic E-state index is 0.555. The average Bonchev–Trinajstić information content (AvgIpc) is 2.53. The number of likely N-dealkylation sites (N-methyl/N-ethyl adjacent to an activating group) is 1. The molecule has 0 spiro atoms. The van der Waals surface area contributed by atoms with Crippen LogP contribution in [0.4, 0.5) is 5.69 Å². The number of hydrogen-bond donors (Lipinski definition) is 1. The monoisotopic (exact) mass is 325 g/mol. The number of anilines is 1. The summed E-state index contributed by atoms with van der Waals surface area (Å²) in [4.78, 5) is 4.93. The molecule has 2 N–H and O–H groups in total. The van der Waals surface area contributed by atoms with Gasteiger partial charge in [0.1, 0.15) is 0 Å². The van der Waals surface area contributed by atoms with Gasteiger partial charge >= 0.3 is 0 Å². The molecule has 0 bridgehead atoms. The summed E-state index contributed by atoms with van der Waals surface area (Å²) < 4.78 is 1.18. The van der Waals surface area contributed by atoms with Crippen molar-refractivity contribution >= 4 is 21.6 Å². The smallest absolute Gasteiger partial charge is 0.0388 e. The van der Waals surface area contributed by atoms with Crippen molar-refractivity contribution in [3.05, 3.63) is 28.2 Å². The minimum Gasteiger partial charge on any atom is -0.367 e. The van der Waals surface area contributed by atoms with Gasteiger partial charge in [0, 0.05) is 29.3 Å². The molecule has 0 aliphatic carbocycles. The lowest BCUT2D eigenvalue weighted by Crippen LogP contribution is -2.37. The Balaban J connectivity index is 2.18. The third kappa shape index (κ3) is 3.71. The van der Waals surface area contributed by atoms with Gasteiger partial charge in [0.15, 0.2) is 0 Å². The quantitative estimate of drug-likeness (QED) is 0.926. The third-order valence-corrected chi connectivity index (χ3v) is 4.57. The van der Waals surface area contributed by atoms with Crippen molar-refractivity contribution in [2.45, 2.75) is 25.8 Å². The second-order valence-electron chi connectivity index (χ2n) is 5.47. The van der Waals surface area contributed by atoms with Gasteiger partial charge in [-0.15, -0.1) is 0 Å². The standard InChI is InChI=1S/C15H24BrN3/c1-12-11-18(2)8-3-9-19(12)14-5-4-13(6-7-17)15(16)10-14/h4-5,10,12H,3,6-9,11,17H2,1-2H3. The van der Waals surface area contributed by atoms with E-state index in [9.17, 15) is 0 Å². The van der Waals surface area contributed by atoms with Crippen molar-refractivity contribution in [1.29, 1.82) is 0 Å². The first-order valence-electron chi connectivity index (χ1n) is 7.05. The van der Waals surface area contributed by atoms with E-state index < -0.39 is 0 Å². The van der Waals surface area contributed by atoms with E-state index in [2.05, 4.69) is 57.9 Å². The summed E-state index contributed by atoms with van der Waals surface area (Å²) in [5.74, 6) is 0. The molecule has 1 fully saturated rings. The Bertz CT molecular complexity index is 422. The van der Waals surface area contributed by atoms with Crippen LogP contribution in [0, 0.1) is 0 Å². The van der Waals surface area contributed by atoms with E-state index in [0.29, 0.717) is 12.6 Å². The van der Waals surface area contributed by atoms with Gasteiger partial charge < -0.3 is 15.5 Å². The van der Waals surface area contributed by atoms with Crippen molar-refractivity contribution in [2.24, 2.45) is 5.73 Å². The Kier molecular flexibility index (Phi) is 5.25. The largest absolute Gasteiger partial charge is 0.367 e. The Morgan fingerprint density at radius 1 is 1.37 bits per heavy atom. The molecule has 0 saturated carbocycles. The van der Waals surface area contributed by atoms with Crippen molar-refractivity contribution < 1.29 is 0 Å². The molecule has 3 nitrogen and oxygen atoms in total. The molecule has 1 heterocycles. The first kappa shape index (κ1) is 14.8. The Morgan fingerprint density at radius 2 is 2.16 bits per heavy atom. The lowest BCUT2D eigenvalue weighted by molar-refractivity contribution is 0.337. The topological polar surface area (TPSA) is 32.5 Å². The SMILES string of the molecule is CC1CN(C)CCCN1c1ccc(CCN)c(Br)c1. The molecule has 1 unspecified atom stereocenters. The van der Waals surface area contributed by atoms with Crippen LogP contribution in [0.1, 0.15) is 18.9 Å². The number of rotatable bonds is 3. The molecule has 1 aliphatic rings. The zero-order valence-electron chi connectivity index (χ0n) is 11.9. The highest BCUT2D eigenvalue weighted by molar-refractivity contribution is 9.10. The fourth-order valence-corrected chi connectivity index (χ4v) is 3.39. The molecule has 2 rings (SSSR count). The molecule has 0 radical (unpaired) electrons. The number of halogens is 1. The van der Waals surface area contributed by atoms with Crippen molar-refractivity contribution in [1.82, 2.24) is 4.90 Å². The van der Waals surface area contributed by atoms with Gasteiger partial charge in [-0.05, 0) is 57.6 Å². The van der Waals surface area contributed by atoms with Gasteiger partial charge in [-0.3, -0.25) is 0 Å². The van der Waals surface area contributed by atoms with Crippen LogP contribution in [0.2, 0.25) is 0 Å². The number of nitrogens with two attached hydrogens (primary N) is 1. The third-order valence-electron chi connectivity index (χ3n) is 3.83. The first-order valence-corrected chi connectivity index (χ1v) is 7.85. The lowest BCUT2D eigenvalue weighted by Gasteiger charge is -2.30. The molecule has 1 aliphatic heterocycles. The molecule has 106 valence electrons. The lowest BCUT2D eigenvalue weighted by atomic mass is 10.1. The Hall–Kier alpha value is -0.580. The van der Waals surface area contributed by atoms with Crippen LogP contribution in [0.3, 0.4) is 0 Å². The van der Waals surface area contributed by atoms with Gasteiger partial charge in [-0.25, -0.2) is 0 Å². The van der Waals surface area contributed by atoms with Crippen LogP contribution in [-0.2, 0) is 6.42 Å². The van der Waals surface area contributed by atoms with Gasteiger partial charge in [0.25, 0.3) is 0 Å². The summed E-state index contributed by atoms with van der Waals surface area (Å²) in [6, 6.07) is 7.23. The van der Waals surface area contributed by atoms with Crippen molar-refractivity contribution in [3.8, 4) is 0 Å². The van der Waals surface area contributed by atoms with Crippen LogP contribution in [0.25, 0.3) is 0 Å². The van der Waals surface area contributed by atoms with E-state index in [1.54, 1.807) is 0 Å². The molecule has 1 aromatic carbocycles. The van der Waals surface area contributed by atoms with E-state index in [0.717, 1.165) is 19.5 Å². The van der Waals surface area contributed by atoms with Crippen molar-refractivity contribution in [2.75, 3.05) is 38.1 Å². The molecule has 19 heavy (non-hydrogen) atoms. The zero-order valence-corrected chi connectivity index (χ0v) is 13.5. The highest BCUT2D eigenvalue weighted by Gasteiger charge is 2.20. The van der Waals surface area contributed by atoms with Crippen LogP contribution in [-0.4, -0.2) is 44.2 Å². The van der Waals surface area contributed by atoms with Crippen LogP contribution >= 0.6 is 15.9 Å². The fourth-order valence-electron chi connectivity index (χ4n) is 2.83. The molecule has 0 aromatic heterocycles. The van der Waals surface area contributed by atoms with Crippen LogP contribution < -0.4 is 10.6 Å². The van der Waals surface area contributed by atoms with Gasteiger partial charge in [0.2, 0.25) is 0 Å². The van der Waals surface area contributed by atoms with E-state index in [1.807, 2.05) is 0 Å². The maximum absolute atomic E-state index is 5.63. The molecule has 1 saturated heterocycles. The van der Waals surface area contributed by atoms with Crippen LogP contribution in [0.15, 0.2) is 22.7 Å². The van der Waals surface area contributed by atoms with E-state index in [4.69, 9.17) is 5.73 Å². The van der Waals surface area contributed by atoms with E-state index in [-0.39, 0.29) is 0 Å². The molecule has 0 amide bonds. The summed E-state index contributed by atoms with van der Waals surface area (Å²) in [6.45, 7) is 6.45. The zero-order chi connectivity index (χ0) is 13.8. The van der Waals surface area contributed by atoms with Gasteiger partial charge in [-0.1, -0.05) is 22.0 Å². The van der Waals surface area contributed by atoms with Crippen LogP contribution in [0.5, 0.6) is 0 Å². The molecule has 4 heteroatoms. The average molecular weight is 326 g/mol. The number of hydrogen-bond acceptors (Lipinski definition) is 3. The second kappa shape index (κ2) is 6.73. The molecular formula is C15H24BrN3. The van der Waals surface area contributed by atoms with Gasteiger partial charge in [0.05, 0.1) is 0 Å². The Morgan fingerprint density at radius 3 is 2.84 bits per heavy atom. The number of nitrogens with zero attached hydrogens (tertiary/aromatic N) is 2. The maximum atomic E-state index is 5.63. The summed E-state index contributed by atoms with van der Waals surface area (Å²) >= 11 is 3.67. The highest BCUT2D eigenvalue weighted by Crippen LogP contribution is 2.27. The fraction of sp³-hybridized carbons (Fsp3) is 0.600. The molecule has 1 aromatic rings. The highest BCUT2D eigenvalue weighted by atomic mass is 79.9. The summed E-state index contributed by atoms with van der Waals surface area (Å²) in [6.07, 6.45) is 2.15. The van der Waals surface area contributed by atoms with Crippen molar-refractivity contribution in [3.63, 3.8) is 0 Å². The maximum Gasteiger partial charge on any atom is 0.0388 e.